The Kier molecular flexibility index (Phi) is 9.71. The van der Waals surface area contributed by atoms with Gasteiger partial charge in [-0.2, -0.15) is 13.2 Å². The van der Waals surface area contributed by atoms with Gasteiger partial charge in [0, 0.05) is 32.8 Å². The summed E-state index contributed by atoms with van der Waals surface area (Å²) in [7, 11) is 0. The molecule has 1 heterocycles. The predicted octanol–water partition coefficient (Wildman–Crippen LogP) is 2.61. The van der Waals surface area contributed by atoms with E-state index < -0.39 is 12.7 Å². The van der Waals surface area contributed by atoms with Gasteiger partial charge < -0.3 is 15.7 Å². The molecule has 26 heavy (non-hydrogen) atoms. The molecule has 0 saturated carbocycles. The van der Waals surface area contributed by atoms with Crippen molar-refractivity contribution in [3.8, 4) is 0 Å². The van der Waals surface area contributed by atoms with Gasteiger partial charge in [-0.3, -0.25) is 9.89 Å². The molecule has 1 atom stereocenters. The summed E-state index contributed by atoms with van der Waals surface area (Å²) < 4.78 is 37.5. The minimum absolute atomic E-state index is 0.00598. The third-order valence-electron chi connectivity index (χ3n) is 5.39. The van der Waals surface area contributed by atoms with E-state index in [1.807, 2.05) is 6.92 Å². The largest absolute Gasteiger partial charge is 0.401 e. The average Bonchev–Trinajstić information content (AvgIpc) is 3.01. The van der Waals surface area contributed by atoms with Gasteiger partial charge in [0.25, 0.3) is 0 Å². The van der Waals surface area contributed by atoms with Crippen LogP contribution in [0.4, 0.5) is 13.2 Å². The predicted molar refractivity (Wildman–Crippen MR) is 99.3 cm³/mol. The SMILES string of the molecule is CCNC(=NCC(CC)(CC)CCO)NCC1CCN(CC(F)(F)F)C1. The fourth-order valence-electron chi connectivity index (χ4n) is 3.45. The number of aliphatic imine (C=N–C) groups is 1. The van der Waals surface area contributed by atoms with E-state index in [0.29, 0.717) is 32.1 Å². The number of hydrogen-bond acceptors (Lipinski definition) is 3. The molecule has 1 aliphatic rings. The standard InChI is InChI=1S/C18H35F3N4O/c1-4-17(5-2,8-10-26)13-24-16(22-6-3)23-11-15-7-9-25(12-15)14-18(19,20)21/h15,26H,4-14H2,1-3H3,(H2,22,23,24). The van der Waals surface area contributed by atoms with Crippen molar-refractivity contribution in [2.24, 2.45) is 16.3 Å². The van der Waals surface area contributed by atoms with E-state index in [0.717, 1.165) is 32.2 Å². The third kappa shape index (κ3) is 8.12. The second-order valence-electron chi connectivity index (χ2n) is 7.26. The molecule has 0 aromatic carbocycles. The molecule has 1 unspecified atom stereocenters. The van der Waals surface area contributed by atoms with Crippen molar-refractivity contribution < 1.29 is 18.3 Å². The molecule has 1 aliphatic heterocycles. The second-order valence-corrected chi connectivity index (χ2v) is 7.26. The highest BCUT2D eigenvalue weighted by molar-refractivity contribution is 5.79. The van der Waals surface area contributed by atoms with E-state index in [1.165, 1.54) is 4.90 Å². The van der Waals surface area contributed by atoms with Crippen LogP contribution in [0.5, 0.6) is 0 Å². The van der Waals surface area contributed by atoms with Crippen LogP contribution in [-0.4, -0.2) is 68.0 Å². The number of likely N-dealkylation sites (tertiary alicyclic amines) is 1. The number of nitrogens with one attached hydrogen (secondary N) is 2. The summed E-state index contributed by atoms with van der Waals surface area (Å²) in [5.41, 5.74) is -0.00598. The van der Waals surface area contributed by atoms with Crippen LogP contribution in [0.25, 0.3) is 0 Å². The first-order valence-corrected chi connectivity index (χ1v) is 9.69. The monoisotopic (exact) mass is 380 g/mol. The highest BCUT2D eigenvalue weighted by Gasteiger charge is 2.34. The summed E-state index contributed by atoms with van der Waals surface area (Å²) in [5.74, 6) is 0.895. The van der Waals surface area contributed by atoms with E-state index in [1.54, 1.807) is 0 Å². The van der Waals surface area contributed by atoms with Crippen LogP contribution in [-0.2, 0) is 0 Å². The van der Waals surface area contributed by atoms with Gasteiger partial charge in [-0.1, -0.05) is 13.8 Å². The summed E-state index contributed by atoms with van der Waals surface area (Å²) >= 11 is 0. The zero-order valence-corrected chi connectivity index (χ0v) is 16.3. The number of rotatable bonds is 10. The van der Waals surface area contributed by atoms with Crippen molar-refractivity contribution in [1.29, 1.82) is 0 Å². The Morgan fingerprint density at radius 1 is 1.19 bits per heavy atom. The lowest BCUT2D eigenvalue weighted by molar-refractivity contribution is -0.143. The normalized spacial score (nSPS) is 19.8. The van der Waals surface area contributed by atoms with Gasteiger partial charge >= 0.3 is 6.18 Å². The zero-order valence-electron chi connectivity index (χ0n) is 16.3. The van der Waals surface area contributed by atoms with Crippen LogP contribution in [0.3, 0.4) is 0 Å². The van der Waals surface area contributed by atoms with E-state index in [9.17, 15) is 18.3 Å². The van der Waals surface area contributed by atoms with Crippen LogP contribution in [0.1, 0.15) is 46.5 Å². The minimum Gasteiger partial charge on any atom is -0.396 e. The van der Waals surface area contributed by atoms with Crippen LogP contribution in [0.2, 0.25) is 0 Å². The Morgan fingerprint density at radius 3 is 2.42 bits per heavy atom. The molecule has 1 saturated heterocycles. The van der Waals surface area contributed by atoms with Crippen molar-refractivity contribution in [3.05, 3.63) is 0 Å². The Hall–Kier alpha value is -1.02. The highest BCUT2D eigenvalue weighted by Crippen LogP contribution is 2.30. The Bertz CT molecular complexity index is 425. The molecule has 3 N–H and O–H groups in total. The van der Waals surface area contributed by atoms with Crippen molar-refractivity contribution in [1.82, 2.24) is 15.5 Å². The van der Waals surface area contributed by atoms with Crippen LogP contribution >= 0.6 is 0 Å². The summed E-state index contributed by atoms with van der Waals surface area (Å²) in [6, 6.07) is 0. The molecule has 5 nitrogen and oxygen atoms in total. The number of guanidine groups is 1. The van der Waals surface area contributed by atoms with E-state index in [2.05, 4.69) is 29.5 Å². The highest BCUT2D eigenvalue weighted by atomic mass is 19.4. The maximum absolute atomic E-state index is 12.5. The number of alkyl halides is 3. The van der Waals surface area contributed by atoms with Gasteiger partial charge in [0.15, 0.2) is 5.96 Å². The molecule has 154 valence electrons. The second kappa shape index (κ2) is 11.0. The van der Waals surface area contributed by atoms with Gasteiger partial charge in [-0.25, -0.2) is 0 Å². The number of halogens is 3. The van der Waals surface area contributed by atoms with Crippen molar-refractivity contribution >= 4 is 5.96 Å². The van der Waals surface area contributed by atoms with E-state index in [4.69, 9.17) is 0 Å². The molecule has 1 fully saturated rings. The topological polar surface area (TPSA) is 59.9 Å². The lowest BCUT2D eigenvalue weighted by atomic mass is 9.79. The molecule has 0 aromatic rings. The number of nitrogens with zero attached hydrogens (tertiary/aromatic N) is 2. The molecule has 1 rings (SSSR count). The third-order valence-corrected chi connectivity index (χ3v) is 5.39. The van der Waals surface area contributed by atoms with E-state index in [-0.39, 0.29) is 17.9 Å². The molecule has 0 bridgehead atoms. The smallest absolute Gasteiger partial charge is 0.396 e. The molecular weight excluding hydrogens is 345 g/mol. The van der Waals surface area contributed by atoms with Crippen LogP contribution in [0.15, 0.2) is 4.99 Å². The van der Waals surface area contributed by atoms with Crippen LogP contribution in [0, 0.1) is 11.3 Å². The van der Waals surface area contributed by atoms with E-state index >= 15 is 0 Å². The summed E-state index contributed by atoms with van der Waals surface area (Å²) in [6.45, 7) is 8.46. The lowest BCUT2D eigenvalue weighted by Gasteiger charge is -2.29. The van der Waals surface area contributed by atoms with Crippen molar-refractivity contribution in [3.63, 3.8) is 0 Å². The van der Waals surface area contributed by atoms with Crippen molar-refractivity contribution in [2.75, 3.05) is 45.9 Å². The molecule has 0 amide bonds. The maximum Gasteiger partial charge on any atom is 0.401 e. The van der Waals surface area contributed by atoms with Gasteiger partial charge in [-0.15, -0.1) is 0 Å². The first-order chi connectivity index (χ1) is 12.3. The maximum atomic E-state index is 12.5. The Morgan fingerprint density at radius 2 is 1.88 bits per heavy atom. The average molecular weight is 380 g/mol. The molecule has 0 radical (unpaired) electrons. The summed E-state index contributed by atoms with van der Waals surface area (Å²) in [6.07, 6.45) is -0.752. The quantitative estimate of drug-likeness (QED) is 0.403. The fraction of sp³-hybridized carbons (Fsp3) is 0.944. The molecule has 0 aromatic heterocycles. The minimum atomic E-state index is -4.13. The molecular formula is C18H35F3N4O. The molecule has 0 spiro atoms. The number of aliphatic hydroxyl groups is 1. The number of aliphatic hydroxyl groups excluding tert-OH is 1. The summed E-state index contributed by atoms with van der Waals surface area (Å²) in [4.78, 5) is 6.14. The van der Waals surface area contributed by atoms with Crippen molar-refractivity contribution in [2.45, 2.75) is 52.6 Å². The van der Waals surface area contributed by atoms with Gasteiger partial charge in [0.1, 0.15) is 0 Å². The number of hydrogen-bond donors (Lipinski definition) is 3. The molecule has 8 heteroatoms. The Labute approximate surface area is 155 Å². The Balaban J connectivity index is 2.55. The van der Waals surface area contributed by atoms with Gasteiger partial charge in [0.05, 0.1) is 6.54 Å². The van der Waals surface area contributed by atoms with Gasteiger partial charge in [-0.05, 0) is 50.5 Å². The molecule has 0 aliphatic carbocycles. The fourth-order valence-corrected chi connectivity index (χ4v) is 3.45. The summed E-state index contributed by atoms with van der Waals surface area (Å²) in [5, 5.41) is 15.8. The van der Waals surface area contributed by atoms with Gasteiger partial charge in [0.2, 0.25) is 0 Å². The van der Waals surface area contributed by atoms with Crippen LogP contribution < -0.4 is 10.6 Å². The first-order valence-electron chi connectivity index (χ1n) is 9.69. The zero-order chi connectivity index (χ0) is 19.6. The lowest BCUT2D eigenvalue weighted by Crippen LogP contribution is -2.41. The first kappa shape index (κ1) is 23.0.